The molecule has 1 aromatic rings. The molecule has 2 N–H and O–H groups in total. The third kappa shape index (κ3) is 8.42. The van der Waals surface area contributed by atoms with E-state index < -0.39 is 0 Å². The van der Waals surface area contributed by atoms with Gasteiger partial charge in [-0.25, -0.2) is 0 Å². The second-order valence-corrected chi connectivity index (χ2v) is 3.91. The molecule has 0 bridgehead atoms. The molecule has 0 heterocycles. The average molecular weight is 269 g/mol. The highest BCUT2D eigenvalue weighted by molar-refractivity contribution is 5.31. The monoisotopic (exact) mass is 269 g/mol. The van der Waals surface area contributed by atoms with Crippen LogP contribution in [0.2, 0.25) is 0 Å². The van der Waals surface area contributed by atoms with Crippen LogP contribution in [0.5, 0.6) is 11.5 Å². The Bertz CT molecular complexity index is 333. The fourth-order valence-corrected chi connectivity index (χ4v) is 1.45. The highest BCUT2D eigenvalue weighted by Gasteiger charge is 1.95. The first-order chi connectivity index (χ1) is 9.33. The molecular formula is C14H23NO4. The summed E-state index contributed by atoms with van der Waals surface area (Å²) in [6, 6.07) is 6.73. The van der Waals surface area contributed by atoms with E-state index in [2.05, 4.69) is 5.32 Å². The summed E-state index contributed by atoms with van der Waals surface area (Å²) >= 11 is 0. The van der Waals surface area contributed by atoms with Crippen molar-refractivity contribution in [1.29, 1.82) is 0 Å². The maximum Gasteiger partial charge on any atom is 0.123 e. The molecule has 0 saturated carbocycles. The summed E-state index contributed by atoms with van der Waals surface area (Å²) in [5, 5.41) is 12.5. The van der Waals surface area contributed by atoms with Crippen LogP contribution >= 0.6 is 0 Å². The van der Waals surface area contributed by atoms with Gasteiger partial charge in [0.2, 0.25) is 0 Å². The summed E-state index contributed by atoms with van der Waals surface area (Å²) in [5.74, 6) is 0.857. The van der Waals surface area contributed by atoms with Crippen LogP contribution in [0.25, 0.3) is 0 Å². The van der Waals surface area contributed by atoms with Gasteiger partial charge in [-0.15, -0.1) is 0 Å². The zero-order valence-corrected chi connectivity index (χ0v) is 11.4. The van der Waals surface area contributed by atoms with E-state index in [1.165, 1.54) is 0 Å². The highest BCUT2D eigenvalue weighted by Crippen LogP contribution is 2.17. The quantitative estimate of drug-likeness (QED) is 0.595. The summed E-state index contributed by atoms with van der Waals surface area (Å²) in [5.41, 5.74) is 0. The Morgan fingerprint density at radius 1 is 1.05 bits per heavy atom. The van der Waals surface area contributed by atoms with Gasteiger partial charge in [0.25, 0.3) is 0 Å². The third-order valence-electron chi connectivity index (χ3n) is 2.36. The molecule has 0 radical (unpaired) electrons. The maximum atomic E-state index is 9.24. The lowest BCUT2D eigenvalue weighted by Crippen LogP contribution is -2.24. The van der Waals surface area contributed by atoms with Crippen LogP contribution in [-0.2, 0) is 9.47 Å². The summed E-state index contributed by atoms with van der Waals surface area (Å²) in [6.07, 6.45) is 0. The molecule has 0 saturated heterocycles. The fourth-order valence-electron chi connectivity index (χ4n) is 1.45. The molecule has 0 spiro atoms. The molecule has 0 aromatic heterocycles. The molecule has 19 heavy (non-hydrogen) atoms. The smallest absolute Gasteiger partial charge is 0.123 e. The van der Waals surface area contributed by atoms with Gasteiger partial charge in [-0.05, 0) is 19.1 Å². The Kier molecular flexibility index (Phi) is 8.80. The van der Waals surface area contributed by atoms with Crippen LogP contribution in [0.3, 0.4) is 0 Å². The second kappa shape index (κ2) is 10.6. The summed E-state index contributed by atoms with van der Waals surface area (Å²) in [7, 11) is 0. The molecule has 0 aliphatic rings. The van der Waals surface area contributed by atoms with E-state index in [0.717, 1.165) is 26.3 Å². The number of phenolic OH excluding ortho intramolecular Hbond substituents is 1. The van der Waals surface area contributed by atoms with Gasteiger partial charge >= 0.3 is 0 Å². The largest absolute Gasteiger partial charge is 0.508 e. The first-order valence-corrected chi connectivity index (χ1v) is 6.61. The van der Waals surface area contributed by atoms with Crippen molar-refractivity contribution in [3.05, 3.63) is 24.3 Å². The van der Waals surface area contributed by atoms with Gasteiger partial charge in [-0.1, -0.05) is 6.07 Å². The minimum Gasteiger partial charge on any atom is -0.508 e. The number of hydrogen-bond acceptors (Lipinski definition) is 5. The van der Waals surface area contributed by atoms with Gasteiger partial charge in [0, 0.05) is 25.8 Å². The predicted octanol–water partition coefficient (Wildman–Crippen LogP) is 1.41. The van der Waals surface area contributed by atoms with Crippen LogP contribution in [-0.4, -0.2) is 51.2 Å². The Morgan fingerprint density at radius 2 is 1.84 bits per heavy atom. The van der Waals surface area contributed by atoms with Crippen molar-refractivity contribution in [2.45, 2.75) is 6.92 Å². The van der Waals surface area contributed by atoms with Crippen LogP contribution in [0.4, 0.5) is 0 Å². The Balaban J connectivity index is 1.89. The predicted molar refractivity (Wildman–Crippen MR) is 73.8 cm³/mol. The van der Waals surface area contributed by atoms with Crippen molar-refractivity contribution in [1.82, 2.24) is 5.32 Å². The summed E-state index contributed by atoms with van der Waals surface area (Å²) in [6.45, 7) is 6.77. The zero-order valence-electron chi connectivity index (χ0n) is 11.4. The van der Waals surface area contributed by atoms with Crippen LogP contribution in [0.15, 0.2) is 24.3 Å². The van der Waals surface area contributed by atoms with Gasteiger partial charge in [0.05, 0.1) is 19.8 Å². The van der Waals surface area contributed by atoms with Crippen molar-refractivity contribution in [2.75, 3.05) is 46.1 Å². The van der Waals surface area contributed by atoms with Crippen LogP contribution in [0, 0.1) is 0 Å². The molecule has 0 atom stereocenters. The fraction of sp³-hybridized carbons (Fsp3) is 0.571. The molecule has 0 unspecified atom stereocenters. The van der Waals surface area contributed by atoms with E-state index in [1.807, 2.05) is 6.92 Å². The van der Waals surface area contributed by atoms with Gasteiger partial charge in [0.15, 0.2) is 0 Å². The molecule has 108 valence electrons. The van der Waals surface area contributed by atoms with Gasteiger partial charge in [0.1, 0.15) is 18.1 Å². The number of rotatable bonds is 11. The van der Waals surface area contributed by atoms with E-state index in [0.29, 0.717) is 25.6 Å². The summed E-state index contributed by atoms with van der Waals surface area (Å²) < 4.78 is 16.0. The van der Waals surface area contributed by atoms with E-state index in [1.54, 1.807) is 24.3 Å². The van der Waals surface area contributed by atoms with Crippen molar-refractivity contribution in [2.24, 2.45) is 0 Å². The first-order valence-electron chi connectivity index (χ1n) is 6.61. The van der Waals surface area contributed by atoms with Gasteiger partial charge < -0.3 is 24.6 Å². The Labute approximate surface area is 114 Å². The lowest BCUT2D eigenvalue weighted by molar-refractivity contribution is 0.0986. The Hall–Kier alpha value is -1.30. The number of phenols is 1. The molecule has 0 aliphatic heterocycles. The van der Waals surface area contributed by atoms with Crippen molar-refractivity contribution in [3.63, 3.8) is 0 Å². The van der Waals surface area contributed by atoms with Crippen molar-refractivity contribution in [3.8, 4) is 11.5 Å². The van der Waals surface area contributed by atoms with Gasteiger partial charge in [-0.3, -0.25) is 0 Å². The summed E-state index contributed by atoms with van der Waals surface area (Å²) in [4.78, 5) is 0. The second-order valence-electron chi connectivity index (χ2n) is 3.91. The van der Waals surface area contributed by atoms with Crippen molar-refractivity contribution >= 4 is 0 Å². The minimum absolute atomic E-state index is 0.205. The lowest BCUT2D eigenvalue weighted by atomic mass is 10.3. The van der Waals surface area contributed by atoms with E-state index in [9.17, 15) is 5.11 Å². The minimum atomic E-state index is 0.205. The maximum absolute atomic E-state index is 9.24. The van der Waals surface area contributed by atoms with Crippen LogP contribution in [0.1, 0.15) is 6.92 Å². The van der Waals surface area contributed by atoms with Crippen LogP contribution < -0.4 is 10.1 Å². The normalized spacial score (nSPS) is 10.6. The van der Waals surface area contributed by atoms with E-state index >= 15 is 0 Å². The number of nitrogens with one attached hydrogen (secondary N) is 1. The number of ether oxygens (including phenoxy) is 3. The van der Waals surface area contributed by atoms with Crippen molar-refractivity contribution < 1.29 is 19.3 Å². The molecular weight excluding hydrogens is 246 g/mol. The first kappa shape index (κ1) is 15.8. The average Bonchev–Trinajstić information content (AvgIpc) is 2.41. The molecule has 1 rings (SSSR count). The topological polar surface area (TPSA) is 60.0 Å². The highest BCUT2D eigenvalue weighted by atomic mass is 16.5. The number of hydrogen-bond donors (Lipinski definition) is 2. The van der Waals surface area contributed by atoms with E-state index in [4.69, 9.17) is 14.2 Å². The Morgan fingerprint density at radius 3 is 2.58 bits per heavy atom. The lowest BCUT2D eigenvalue weighted by Gasteiger charge is -2.08. The SMILES string of the molecule is CCOCCNCCOCCOc1cccc(O)c1. The van der Waals surface area contributed by atoms with E-state index in [-0.39, 0.29) is 5.75 Å². The van der Waals surface area contributed by atoms with Gasteiger partial charge in [-0.2, -0.15) is 0 Å². The molecule has 0 aliphatic carbocycles. The molecule has 5 heteroatoms. The third-order valence-corrected chi connectivity index (χ3v) is 2.36. The zero-order chi connectivity index (χ0) is 13.8. The molecule has 5 nitrogen and oxygen atoms in total. The molecule has 0 amide bonds. The molecule has 0 fully saturated rings. The molecule has 1 aromatic carbocycles. The standard InChI is InChI=1S/C14H23NO4/c1-2-17-8-6-15-7-9-18-10-11-19-14-5-3-4-13(16)12-14/h3-5,12,15-16H,2,6-11H2,1H3. The number of aromatic hydroxyl groups is 1. The number of benzene rings is 1.